The molecule has 0 radical (unpaired) electrons. The molecule has 10 heteroatoms. The van der Waals surface area contributed by atoms with Crippen molar-refractivity contribution in [1.29, 1.82) is 0 Å². The van der Waals surface area contributed by atoms with Crippen LogP contribution in [0.2, 0.25) is 0 Å². The quantitative estimate of drug-likeness (QED) is 0.380. The van der Waals surface area contributed by atoms with Gasteiger partial charge in [0.1, 0.15) is 17.8 Å². The molecule has 0 aliphatic carbocycles. The first-order chi connectivity index (χ1) is 17.2. The van der Waals surface area contributed by atoms with Crippen molar-refractivity contribution >= 4 is 27.5 Å². The van der Waals surface area contributed by atoms with Gasteiger partial charge >= 0.3 is 0 Å². The molecular formula is C25H20FN7O2. The maximum Gasteiger partial charge on any atom is 0.163 e. The standard InChI is InChI=1S/C25H20FN7O2/c26-20-4-1-15(23(32-34)25-22-16(5-6-27-22)13-30-31-25)11-19(20)24-18-3-2-17(12-21(18)28-14-29-24)33-7-9-35-10-8-33/h1-6,11-14,23,27H,7-10H2. The average molecular weight is 469 g/mol. The summed E-state index contributed by atoms with van der Waals surface area (Å²) >= 11 is 0. The molecule has 3 aromatic heterocycles. The van der Waals surface area contributed by atoms with Crippen LogP contribution in [-0.2, 0) is 4.74 Å². The molecule has 2 aromatic carbocycles. The van der Waals surface area contributed by atoms with Crippen molar-refractivity contribution in [1.82, 2.24) is 25.1 Å². The van der Waals surface area contributed by atoms with E-state index in [1.807, 2.05) is 24.3 Å². The summed E-state index contributed by atoms with van der Waals surface area (Å²) < 4.78 is 20.5. The lowest BCUT2D eigenvalue weighted by molar-refractivity contribution is 0.122. The van der Waals surface area contributed by atoms with Gasteiger partial charge in [0, 0.05) is 41.3 Å². The number of rotatable bonds is 5. The number of benzene rings is 2. The third kappa shape index (κ3) is 3.77. The third-order valence-corrected chi connectivity index (χ3v) is 6.32. The van der Waals surface area contributed by atoms with Crippen LogP contribution in [0.5, 0.6) is 0 Å². The summed E-state index contributed by atoms with van der Waals surface area (Å²) in [5.41, 5.74) is 3.97. The van der Waals surface area contributed by atoms with Gasteiger partial charge in [-0.25, -0.2) is 14.4 Å². The number of morpholine rings is 1. The van der Waals surface area contributed by atoms with E-state index in [1.165, 1.54) is 18.5 Å². The summed E-state index contributed by atoms with van der Waals surface area (Å²) in [5.74, 6) is -0.458. The van der Waals surface area contributed by atoms with Crippen molar-refractivity contribution < 1.29 is 9.13 Å². The summed E-state index contributed by atoms with van der Waals surface area (Å²) in [6.07, 6.45) is 4.77. The highest BCUT2D eigenvalue weighted by atomic mass is 19.1. The Labute approximate surface area is 199 Å². The maximum atomic E-state index is 15.1. The molecule has 9 nitrogen and oxygen atoms in total. The van der Waals surface area contributed by atoms with Crippen LogP contribution in [0.4, 0.5) is 10.1 Å². The predicted molar refractivity (Wildman–Crippen MR) is 129 cm³/mol. The van der Waals surface area contributed by atoms with Crippen molar-refractivity contribution in [2.24, 2.45) is 5.18 Å². The molecule has 1 fully saturated rings. The Bertz CT molecular complexity index is 1550. The van der Waals surface area contributed by atoms with E-state index in [0.29, 0.717) is 46.6 Å². The highest BCUT2D eigenvalue weighted by Gasteiger charge is 2.23. The number of hydrogen-bond donors (Lipinski definition) is 1. The lowest BCUT2D eigenvalue weighted by atomic mass is 9.97. The second kappa shape index (κ2) is 8.80. The van der Waals surface area contributed by atoms with E-state index in [4.69, 9.17) is 4.74 Å². The molecule has 4 heterocycles. The van der Waals surface area contributed by atoms with E-state index in [2.05, 4.69) is 35.2 Å². The molecule has 174 valence electrons. The Balaban J connectivity index is 1.44. The van der Waals surface area contributed by atoms with Crippen LogP contribution in [0.1, 0.15) is 17.3 Å². The minimum absolute atomic E-state index is 0.259. The first kappa shape index (κ1) is 21.2. The Kier molecular flexibility index (Phi) is 5.34. The Morgan fingerprint density at radius 3 is 2.83 bits per heavy atom. The van der Waals surface area contributed by atoms with Gasteiger partial charge in [-0.3, -0.25) is 0 Å². The first-order valence-electron chi connectivity index (χ1n) is 11.2. The molecule has 1 atom stereocenters. The van der Waals surface area contributed by atoms with E-state index in [1.54, 1.807) is 18.5 Å². The van der Waals surface area contributed by atoms with Crippen LogP contribution in [0, 0.1) is 10.7 Å². The number of anilines is 1. The van der Waals surface area contributed by atoms with Crippen molar-refractivity contribution in [3.63, 3.8) is 0 Å². The number of nitrogens with zero attached hydrogens (tertiary/aromatic N) is 6. The number of nitrogens with one attached hydrogen (secondary N) is 1. The number of aromatic amines is 1. The zero-order chi connectivity index (χ0) is 23.8. The summed E-state index contributed by atoms with van der Waals surface area (Å²) in [7, 11) is 0. The van der Waals surface area contributed by atoms with Gasteiger partial charge in [-0.15, -0.1) is 4.91 Å². The normalized spacial score (nSPS) is 14.9. The zero-order valence-electron chi connectivity index (χ0n) is 18.6. The molecule has 0 bridgehead atoms. The van der Waals surface area contributed by atoms with E-state index in [9.17, 15) is 4.91 Å². The lowest BCUT2D eigenvalue weighted by Gasteiger charge is -2.29. The number of H-pyrrole nitrogens is 1. The molecule has 0 amide bonds. The van der Waals surface area contributed by atoms with Crippen LogP contribution in [-0.4, -0.2) is 51.5 Å². The largest absolute Gasteiger partial charge is 0.378 e. The number of ether oxygens (including phenoxy) is 1. The lowest BCUT2D eigenvalue weighted by Crippen LogP contribution is -2.36. The van der Waals surface area contributed by atoms with Gasteiger partial charge in [0.15, 0.2) is 6.04 Å². The van der Waals surface area contributed by atoms with Crippen LogP contribution >= 0.6 is 0 Å². The maximum absolute atomic E-state index is 15.1. The molecule has 0 saturated carbocycles. The molecule has 0 spiro atoms. The summed E-state index contributed by atoms with van der Waals surface area (Å²) in [6, 6.07) is 11.2. The Hall–Kier alpha value is -4.31. The topological polar surface area (TPSA) is 109 Å². The van der Waals surface area contributed by atoms with Crippen LogP contribution in [0.3, 0.4) is 0 Å². The van der Waals surface area contributed by atoms with Crippen LogP contribution in [0.25, 0.3) is 33.1 Å². The van der Waals surface area contributed by atoms with E-state index < -0.39 is 11.9 Å². The molecular weight excluding hydrogens is 449 g/mol. The molecule has 5 aromatic rings. The predicted octanol–water partition coefficient (Wildman–Crippen LogP) is 4.40. The van der Waals surface area contributed by atoms with E-state index in [0.717, 1.165) is 24.2 Å². The third-order valence-electron chi connectivity index (χ3n) is 6.32. The molecule has 1 aliphatic heterocycles. The van der Waals surface area contributed by atoms with Crippen LogP contribution < -0.4 is 4.90 Å². The Morgan fingerprint density at radius 1 is 1.09 bits per heavy atom. The van der Waals surface area contributed by atoms with Crippen molar-refractivity contribution in [3.8, 4) is 11.3 Å². The fourth-order valence-electron chi connectivity index (χ4n) is 4.55. The SMILES string of the molecule is O=NC(c1ccc(F)c(-c2ncnc3cc(N4CCOCC4)ccc23)c1)c1nncc2cc[nH]c12. The van der Waals surface area contributed by atoms with Gasteiger partial charge in [0.05, 0.1) is 36.1 Å². The number of hydrogen-bond acceptors (Lipinski definition) is 8. The zero-order valence-corrected chi connectivity index (χ0v) is 18.6. The number of aromatic nitrogens is 5. The van der Waals surface area contributed by atoms with Gasteiger partial charge < -0.3 is 14.6 Å². The number of fused-ring (bicyclic) bond motifs is 2. The Morgan fingerprint density at radius 2 is 1.97 bits per heavy atom. The van der Waals surface area contributed by atoms with Gasteiger partial charge in [-0.1, -0.05) is 11.2 Å². The van der Waals surface area contributed by atoms with E-state index >= 15 is 4.39 Å². The monoisotopic (exact) mass is 469 g/mol. The highest BCUT2D eigenvalue weighted by molar-refractivity contribution is 5.94. The molecule has 1 N–H and O–H groups in total. The molecule has 1 saturated heterocycles. The summed E-state index contributed by atoms with van der Waals surface area (Å²) in [6.45, 7) is 2.96. The van der Waals surface area contributed by atoms with E-state index in [-0.39, 0.29) is 5.56 Å². The fourth-order valence-corrected chi connectivity index (χ4v) is 4.55. The van der Waals surface area contributed by atoms with Crippen molar-refractivity contribution in [2.75, 3.05) is 31.2 Å². The smallest absolute Gasteiger partial charge is 0.163 e. The minimum atomic E-state index is -0.967. The van der Waals surface area contributed by atoms with Gasteiger partial charge in [-0.2, -0.15) is 10.2 Å². The minimum Gasteiger partial charge on any atom is -0.378 e. The second-order valence-corrected chi connectivity index (χ2v) is 8.31. The molecule has 1 unspecified atom stereocenters. The first-order valence-corrected chi connectivity index (χ1v) is 11.2. The van der Waals surface area contributed by atoms with Gasteiger partial charge in [0.2, 0.25) is 0 Å². The van der Waals surface area contributed by atoms with Crippen LogP contribution in [0.15, 0.2) is 66.4 Å². The van der Waals surface area contributed by atoms with Crippen molar-refractivity contribution in [3.05, 3.63) is 83.2 Å². The highest BCUT2D eigenvalue weighted by Crippen LogP contribution is 2.35. The summed E-state index contributed by atoms with van der Waals surface area (Å²) in [4.78, 5) is 26.1. The second-order valence-electron chi connectivity index (χ2n) is 8.31. The summed E-state index contributed by atoms with van der Waals surface area (Å²) in [5, 5.41) is 13.0. The number of nitroso groups, excluding NO2 is 1. The fraction of sp³-hybridized carbons (Fsp3) is 0.200. The average Bonchev–Trinajstić information content (AvgIpc) is 3.40. The molecule has 6 rings (SSSR count). The van der Waals surface area contributed by atoms with Crippen molar-refractivity contribution in [2.45, 2.75) is 6.04 Å². The molecule has 35 heavy (non-hydrogen) atoms. The van der Waals surface area contributed by atoms with Gasteiger partial charge in [-0.05, 0) is 42.0 Å². The number of halogens is 1. The van der Waals surface area contributed by atoms with Gasteiger partial charge in [0.25, 0.3) is 0 Å². The molecule has 1 aliphatic rings.